The average molecular weight is 289 g/mol. The summed E-state index contributed by atoms with van der Waals surface area (Å²) in [7, 11) is 0. The number of rotatable bonds is 3. The molecule has 102 valence electrons. The molecule has 5 heteroatoms. The second kappa shape index (κ2) is 7.12. The van der Waals surface area contributed by atoms with E-state index in [9.17, 15) is 4.79 Å². The van der Waals surface area contributed by atoms with E-state index in [1.807, 2.05) is 24.4 Å². The smallest absolute Gasteiger partial charge is 0.228 e. The Kier molecular flexibility index (Phi) is 6.12. The third-order valence-electron chi connectivity index (χ3n) is 3.48. The van der Waals surface area contributed by atoms with Crippen LogP contribution in [0.4, 0.5) is 0 Å². The molecular weight excluding hydrogens is 268 g/mol. The Labute approximate surface area is 119 Å². The minimum absolute atomic E-state index is 0. The third kappa shape index (κ3) is 3.70. The number of amides is 1. The second-order valence-corrected chi connectivity index (χ2v) is 5.80. The van der Waals surface area contributed by atoms with Crippen molar-refractivity contribution in [3.8, 4) is 0 Å². The average Bonchev–Trinajstić information content (AvgIpc) is 2.84. The monoisotopic (exact) mass is 288 g/mol. The van der Waals surface area contributed by atoms with Crippen LogP contribution < -0.4 is 10.6 Å². The Bertz CT molecular complexity index is 369. The van der Waals surface area contributed by atoms with Crippen molar-refractivity contribution < 1.29 is 4.79 Å². The lowest BCUT2D eigenvalue weighted by Gasteiger charge is -2.31. The molecule has 2 heterocycles. The van der Waals surface area contributed by atoms with Gasteiger partial charge in [0.25, 0.3) is 0 Å². The van der Waals surface area contributed by atoms with Crippen LogP contribution in [0.1, 0.15) is 31.1 Å². The number of thiophene rings is 1. The van der Waals surface area contributed by atoms with Crippen LogP contribution in [0.3, 0.4) is 0 Å². The Morgan fingerprint density at radius 1 is 1.61 bits per heavy atom. The predicted octanol–water partition coefficient (Wildman–Crippen LogP) is 2.39. The summed E-state index contributed by atoms with van der Waals surface area (Å²) >= 11 is 1.65. The molecule has 1 aromatic rings. The van der Waals surface area contributed by atoms with Gasteiger partial charge in [-0.3, -0.25) is 4.79 Å². The summed E-state index contributed by atoms with van der Waals surface area (Å²) < 4.78 is 0. The lowest BCUT2D eigenvalue weighted by atomic mass is 9.94. The molecule has 1 aromatic heterocycles. The van der Waals surface area contributed by atoms with Gasteiger partial charge in [-0.05, 0) is 43.8 Å². The summed E-state index contributed by atoms with van der Waals surface area (Å²) in [6.07, 6.45) is 1.03. The maximum Gasteiger partial charge on any atom is 0.228 e. The molecule has 18 heavy (non-hydrogen) atoms. The van der Waals surface area contributed by atoms with Gasteiger partial charge in [0.1, 0.15) is 0 Å². The maximum absolute atomic E-state index is 12.1. The Hall–Kier alpha value is -0.580. The van der Waals surface area contributed by atoms with Crippen LogP contribution in [-0.4, -0.2) is 25.0 Å². The van der Waals surface area contributed by atoms with Crippen molar-refractivity contribution >= 4 is 29.7 Å². The molecule has 0 spiro atoms. The number of nitrogens with one attached hydrogen (secondary N) is 2. The maximum atomic E-state index is 12.1. The zero-order chi connectivity index (χ0) is 12.3. The molecule has 1 aliphatic heterocycles. The van der Waals surface area contributed by atoms with E-state index >= 15 is 0 Å². The van der Waals surface area contributed by atoms with Crippen LogP contribution in [0.5, 0.6) is 0 Å². The molecule has 1 amide bonds. The fourth-order valence-electron chi connectivity index (χ4n) is 2.20. The zero-order valence-corrected chi connectivity index (χ0v) is 12.4. The third-order valence-corrected chi connectivity index (χ3v) is 4.53. The summed E-state index contributed by atoms with van der Waals surface area (Å²) in [4.78, 5) is 13.3. The first-order chi connectivity index (χ1) is 8.18. The molecule has 0 bridgehead atoms. The fraction of sp³-hybridized carbons (Fsp3) is 0.615. The minimum atomic E-state index is -0.0305. The van der Waals surface area contributed by atoms with E-state index < -0.39 is 0 Å². The molecule has 2 N–H and O–H groups in total. The van der Waals surface area contributed by atoms with Gasteiger partial charge in [0, 0.05) is 10.9 Å². The number of piperidine rings is 1. The van der Waals surface area contributed by atoms with Gasteiger partial charge in [-0.1, -0.05) is 13.0 Å². The van der Waals surface area contributed by atoms with Gasteiger partial charge < -0.3 is 10.6 Å². The molecule has 1 aliphatic rings. The van der Waals surface area contributed by atoms with Crippen LogP contribution in [-0.2, 0) is 4.79 Å². The highest BCUT2D eigenvalue weighted by molar-refractivity contribution is 7.10. The van der Waals surface area contributed by atoms with Crippen molar-refractivity contribution in [2.75, 3.05) is 13.1 Å². The number of hydrogen-bond acceptors (Lipinski definition) is 3. The molecule has 2 rings (SSSR count). The predicted molar refractivity (Wildman–Crippen MR) is 78.6 cm³/mol. The second-order valence-electron chi connectivity index (χ2n) is 4.82. The highest BCUT2D eigenvalue weighted by Crippen LogP contribution is 2.21. The summed E-state index contributed by atoms with van der Waals surface area (Å²) in [6.45, 7) is 6.17. The highest BCUT2D eigenvalue weighted by atomic mass is 35.5. The van der Waals surface area contributed by atoms with Gasteiger partial charge in [0.15, 0.2) is 0 Å². The fourth-order valence-corrected chi connectivity index (χ4v) is 2.99. The van der Waals surface area contributed by atoms with Crippen LogP contribution in [0.25, 0.3) is 0 Å². The van der Waals surface area contributed by atoms with Crippen LogP contribution in [0, 0.1) is 5.92 Å². The Morgan fingerprint density at radius 2 is 2.39 bits per heavy atom. The van der Waals surface area contributed by atoms with Crippen molar-refractivity contribution in [1.29, 1.82) is 0 Å². The van der Waals surface area contributed by atoms with Gasteiger partial charge in [0.05, 0.1) is 5.92 Å². The molecule has 3 atom stereocenters. The quantitative estimate of drug-likeness (QED) is 0.897. The standard InChI is InChI=1S/C13H20N2OS.ClH/c1-9-8-14-6-5-11(9)15-13(16)10(2)12-4-3-7-17-12;/h3-4,7,9-11,14H,5-6,8H2,1-2H3,(H,15,16);1H. The summed E-state index contributed by atoms with van der Waals surface area (Å²) in [6, 6.07) is 4.35. The number of hydrogen-bond donors (Lipinski definition) is 2. The first-order valence-corrected chi connectivity index (χ1v) is 7.11. The molecule has 0 radical (unpaired) electrons. The molecule has 1 fully saturated rings. The Morgan fingerprint density at radius 3 is 3.00 bits per heavy atom. The highest BCUT2D eigenvalue weighted by Gasteiger charge is 2.25. The van der Waals surface area contributed by atoms with Crippen molar-refractivity contribution in [1.82, 2.24) is 10.6 Å². The van der Waals surface area contributed by atoms with Crippen LogP contribution in [0.2, 0.25) is 0 Å². The van der Waals surface area contributed by atoms with Crippen LogP contribution in [0.15, 0.2) is 17.5 Å². The van der Waals surface area contributed by atoms with E-state index in [-0.39, 0.29) is 24.2 Å². The number of carbonyl (C=O) groups excluding carboxylic acids is 1. The van der Waals surface area contributed by atoms with Crippen molar-refractivity contribution in [2.45, 2.75) is 32.2 Å². The normalized spacial score (nSPS) is 25.0. The van der Waals surface area contributed by atoms with Crippen LogP contribution >= 0.6 is 23.7 Å². The van der Waals surface area contributed by atoms with Gasteiger partial charge in [-0.15, -0.1) is 23.7 Å². The number of halogens is 1. The molecule has 3 nitrogen and oxygen atoms in total. The van der Waals surface area contributed by atoms with Gasteiger partial charge >= 0.3 is 0 Å². The van der Waals surface area contributed by atoms with Crippen molar-refractivity contribution in [2.24, 2.45) is 5.92 Å². The van der Waals surface area contributed by atoms with E-state index in [0.29, 0.717) is 12.0 Å². The lowest BCUT2D eigenvalue weighted by Crippen LogP contribution is -2.49. The molecule has 1 saturated heterocycles. The van der Waals surface area contributed by atoms with E-state index in [1.54, 1.807) is 11.3 Å². The first-order valence-electron chi connectivity index (χ1n) is 6.23. The zero-order valence-electron chi connectivity index (χ0n) is 10.8. The lowest BCUT2D eigenvalue weighted by molar-refractivity contribution is -0.123. The summed E-state index contributed by atoms with van der Waals surface area (Å²) in [5.74, 6) is 0.645. The van der Waals surface area contributed by atoms with E-state index in [2.05, 4.69) is 17.6 Å². The summed E-state index contributed by atoms with van der Waals surface area (Å²) in [5.41, 5.74) is 0. The SMILES string of the molecule is CC(C(=O)NC1CCNCC1C)c1cccs1.Cl. The molecule has 0 aromatic carbocycles. The van der Waals surface area contributed by atoms with Gasteiger partial charge in [0.2, 0.25) is 5.91 Å². The van der Waals surface area contributed by atoms with Gasteiger partial charge in [-0.2, -0.15) is 0 Å². The number of carbonyl (C=O) groups is 1. The van der Waals surface area contributed by atoms with E-state index in [1.165, 1.54) is 0 Å². The minimum Gasteiger partial charge on any atom is -0.352 e. The molecule has 0 saturated carbocycles. The van der Waals surface area contributed by atoms with E-state index in [0.717, 1.165) is 24.4 Å². The first kappa shape index (κ1) is 15.5. The van der Waals surface area contributed by atoms with Crippen molar-refractivity contribution in [3.63, 3.8) is 0 Å². The molecule has 0 aliphatic carbocycles. The summed E-state index contributed by atoms with van der Waals surface area (Å²) in [5, 5.41) is 8.55. The molecular formula is C13H21ClN2OS. The van der Waals surface area contributed by atoms with Crippen molar-refractivity contribution in [3.05, 3.63) is 22.4 Å². The van der Waals surface area contributed by atoms with Gasteiger partial charge in [-0.25, -0.2) is 0 Å². The Balaban J connectivity index is 0.00000162. The topological polar surface area (TPSA) is 41.1 Å². The molecule has 3 unspecified atom stereocenters. The van der Waals surface area contributed by atoms with E-state index in [4.69, 9.17) is 0 Å². The largest absolute Gasteiger partial charge is 0.352 e.